The predicted molar refractivity (Wildman–Crippen MR) is 84.6 cm³/mol. The van der Waals surface area contributed by atoms with Crippen LogP contribution in [0.4, 0.5) is 0 Å². The maximum absolute atomic E-state index is 11.4. The maximum Gasteiger partial charge on any atom is 0.321 e. The number of nitrogens with one attached hydrogen (secondary N) is 3. The second-order valence-corrected chi connectivity index (χ2v) is 5.15. The van der Waals surface area contributed by atoms with Crippen molar-refractivity contribution in [3.8, 4) is 11.4 Å². The van der Waals surface area contributed by atoms with Crippen molar-refractivity contribution in [1.29, 1.82) is 0 Å². The van der Waals surface area contributed by atoms with Crippen molar-refractivity contribution in [3.63, 3.8) is 0 Å². The molecule has 7 nitrogen and oxygen atoms in total. The van der Waals surface area contributed by atoms with Gasteiger partial charge in [-0.25, -0.2) is 9.97 Å². The number of hydrogen-bond acceptors (Lipinski definition) is 4. The molecule has 0 spiro atoms. The monoisotopic (exact) mass is 311 g/mol. The fourth-order valence-corrected chi connectivity index (χ4v) is 2.41. The van der Waals surface area contributed by atoms with Crippen LogP contribution in [-0.4, -0.2) is 37.1 Å². The van der Waals surface area contributed by atoms with Gasteiger partial charge in [-0.15, -0.1) is 0 Å². The molecule has 0 fully saturated rings. The van der Waals surface area contributed by atoms with Crippen molar-refractivity contribution in [2.24, 2.45) is 0 Å². The Morgan fingerprint density at radius 2 is 2.17 bits per heavy atom. The zero-order valence-corrected chi connectivity index (χ0v) is 12.4. The summed E-state index contributed by atoms with van der Waals surface area (Å²) in [6, 6.07) is 7.08. The van der Waals surface area contributed by atoms with Gasteiger partial charge in [0.15, 0.2) is 0 Å². The summed E-state index contributed by atoms with van der Waals surface area (Å²) >= 11 is 0. The zero-order valence-electron chi connectivity index (χ0n) is 12.4. The zero-order chi connectivity index (χ0) is 16.1. The Morgan fingerprint density at radius 3 is 2.87 bits per heavy atom. The first-order chi connectivity index (χ1) is 11.2. The molecule has 7 heteroatoms. The van der Waals surface area contributed by atoms with Gasteiger partial charge < -0.3 is 15.1 Å². The van der Waals surface area contributed by atoms with Gasteiger partial charge in [0.1, 0.15) is 11.9 Å². The largest absolute Gasteiger partial charge is 0.480 e. The third-order valence-corrected chi connectivity index (χ3v) is 3.59. The van der Waals surface area contributed by atoms with Crippen LogP contribution in [0, 0.1) is 0 Å². The number of aromatic amines is 2. The summed E-state index contributed by atoms with van der Waals surface area (Å²) in [4.78, 5) is 25.6. The van der Waals surface area contributed by atoms with Gasteiger partial charge in [-0.3, -0.25) is 10.1 Å². The van der Waals surface area contributed by atoms with Gasteiger partial charge in [-0.1, -0.05) is 24.3 Å². The maximum atomic E-state index is 11.4. The van der Waals surface area contributed by atoms with Gasteiger partial charge in [0.05, 0.1) is 6.33 Å². The Balaban J connectivity index is 1.73. The summed E-state index contributed by atoms with van der Waals surface area (Å²) < 4.78 is 0. The molecule has 1 aromatic carbocycles. The van der Waals surface area contributed by atoms with Crippen LogP contribution in [0.1, 0.15) is 11.3 Å². The lowest BCUT2D eigenvalue weighted by Crippen LogP contribution is -2.38. The second-order valence-electron chi connectivity index (χ2n) is 5.15. The van der Waals surface area contributed by atoms with Crippen LogP contribution in [0.5, 0.6) is 0 Å². The Kier molecular flexibility index (Phi) is 4.49. The van der Waals surface area contributed by atoms with Gasteiger partial charge in [0, 0.05) is 42.8 Å². The van der Waals surface area contributed by atoms with E-state index in [0.29, 0.717) is 13.0 Å². The summed E-state index contributed by atoms with van der Waals surface area (Å²) in [5, 5.41) is 12.5. The van der Waals surface area contributed by atoms with E-state index in [-0.39, 0.29) is 0 Å². The predicted octanol–water partition coefficient (Wildman–Crippen LogP) is 1.59. The van der Waals surface area contributed by atoms with E-state index in [9.17, 15) is 9.90 Å². The SMILES string of the molecule is O=C(O)[C@H](Cc1cnc[nH]1)NCc1ccccc1-c1ncc[nH]1. The average Bonchev–Trinajstić information content (AvgIpc) is 3.25. The molecule has 0 aliphatic carbocycles. The van der Waals surface area contributed by atoms with E-state index in [0.717, 1.165) is 22.6 Å². The molecule has 0 aliphatic heterocycles. The Labute approximate surface area is 132 Å². The smallest absolute Gasteiger partial charge is 0.321 e. The molecule has 1 atom stereocenters. The highest BCUT2D eigenvalue weighted by atomic mass is 16.4. The normalized spacial score (nSPS) is 12.2. The molecular weight excluding hydrogens is 294 g/mol. The Bertz CT molecular complexity index is 753. The van der Waals surface area contributed by atoms with Gasteiger partial charge in [-0.2, -0.15) is 0 Å². The molecule has 2 aromatic heterocycles. The summed E-state index contributed by atoms with van der Waals surface area (Å²) in [7, 11) is 0. The van der Waals surface area contributed by atoms with Crippen LogP contribution in [0.15, 0.2) is 49.2 Å². The molecule has 23 heavy (non-hydrogen) atoms. The number of aliphatic carboxylic acids is 1. The first-order valence-electron chi connectivity index (χ1n) is 7.25. The number of benzene rings is 1. The topological polar surface area (TPSA) is 107 Å². The Morgan fingerprint density at radius 1 is 1.30 bits per heavy atom. The fourth-order valence-electron chi connectivity index (χ4n) is 2.41. The van der Waals surface area contributed by atoms with Crippen molar-refractivity contribution >= 4 is 5.97 Å². The molecule has 0 amide bonds. The molecular formula is C16H17N5O2. The highest BCUT2D eigenvalue weighted by Gasteiger charge is 2.18. The van der Waals surface area contributed by atoms with Crippen LogP contribution < -0.4 is 5.32 Å². The molecule has 0 aliphatic rings. The van der Waals surface area contributed by atoms with Crippen LogP contribution in [0.2, 0.25) is 0 Å². The minimum atomic E-state index is -0.893. The number of H-pyrrole nitrogens is 2. The highest BCUT2D eigenvalue weighted by Crippen LogP contribution is 2.19. The summed E-state index contributed by atoms with van der Waals surface area (Å²) in [6.07, 6.45) is 6.97. The summed E-state index contributed by atoms with van der Waals surface area (Å²) in [6.45, 7) is 0.433. The van der Waals surface area contributed by atoms with E-state index in [1.54, 1.807) is 24.9 Å². The number of rotatable bonds is 7. The van der Waals surface area contributed by atoms with E-state index >= 15 is 0 Å². The number of hydrogen-bond donors (Lipinski definition) is 4. The molecule has 0 radical (unpaired) electrons. The van der Waals surface area contributed by atoms with Crippen LogP contribution >= 0.6 is 0 Å². The molecule has 0 saturated carbocycles. The van der Waals surface area contributed by atoms with E-state index < -0.39 is 12.0 Å². The number of carboxylic acids is 1. The number of carbonyl (C=O) groups is 1. The third-order valence-electron chi connectivity index (χ3n) is 3.59. The van der Waals surface area contributed by atoms with E-state index in [4.69, 9.17) is 0 Å². The fraction of sp³-hybridized carbons (Fsp3) is 0.188. The molecule has 3 rings (SSSR count). The molecule has 3 aromatic rings. The lowest BCUT2D eigenvalue weighted by atomic mass is 10.1. The first kappa shape index (κ1) is 15.0. The van der Waals surface area contributed by atoms with E-state index in [2.05, 4.69) is 25.3 Å². The van der Waals surface area contributed by atoms with Crippen molar-refractivity contribution in [2.45, 2.75) is 19.0 Å². The van der Waals surface area contributed by atoms with Gasteiger partial charge >= 0.3 is 5.97 Å². The quantitative estimate of drug-likeness (QED) is 0.530. The molecule has 2 heterocycles. The molecule has 4 N–H and O–H groups in total. The van der Waals surface area contributed by atoms with E-state index in [1.807, 2.05) is 24.3 Å². The van der Waals surface area contributed by atoms with Crippen molar-refractivity contribution in [3.05, 3.63) is 60.4 Å². The third kappa shape index (κ3) is 3.64. The van der Waals surface area contributed by atoms with E-state index in [1.165, 1.54) is 0 Å². The van der Waals surface area contributed by atoms with Gasteiger partial charge in [0.2, 0.25) is 0 Å². The van der Waals surface area contributed by atoms with Crippen molar-refractivity contribution in [1.82, 2.24) is 25.3 Å². The summed E-state index contributed by atoms with van der Waals surface area (Å²) in [5.74, 6) is -0.127. The number of aromatic nitrogens is 4. The minimum absolute atomic E-state index is 0.345. The number of imidazole rings is 2. The minimum Gasteiger partial charge on any atom is -0.480 e. The van der Waals surface area contributed by atoms with Crippen LogP contribution in [-0.2, 0) is 17.8 Å². The van der Waals surface area contributed by atoms with Gasteiger partial charge in [0.25, 0.3) is 0 Å². The highest BCUT2D eigenvalue weighted by molar-refractivity contribution is 5.74. The standard InChI is InChI=1S/C16H17N5O2/c22-16(23)14(7-12-9-17-10-21-12)20-8-11-3-1-2-4-13(11)15-18-5-6-19-15/h1-6,9-10,14,20H,7-8H2,(H,17,21)(H,18,19)(H,22,23)/t14-/m0/s1. The van der Waals surface area contributed by atoms with Crippen LogP contribution in [0.3, 0.4) is 0 Å². The first-order valence-corrected chi connectivity index (χ1v) is 7.25. The van der Waals surface area contributed by atoms with Crippen molar-refractivity contribution < 1.29 is 9.90 Å². The average molecular weight is 311 g/mol. The summed E-state index contributed by atoms with van der Waals surface area (Å²) in [5.41, 5.74) is 2.72. The van der Waals surface area contributed by atoms with Gasteiger partial charge in [-0.05, 0) is 5.56 Å². The molecule has 0 unspecified atom stereocenters. The number of nitrogens with zero attached hydrogens (tertiary/aromatic N) is 2. The molecule has 0 bridgehead atoms. The second kappa shape index (κ2) is 6.89. The van der Waals surface area contributed by atoms with Crippen molar-refractivity contribution in [2.75, 3.05) is 0 Å². The number of carboxylic acid groups (broad SMARTS) is 1. The van der Waals surface area contributed by atoms with Crippen LogP contribution in [0.25, 0.3) is 11.4 Å². The molecule has 0 saturated heterocycles. The lowest BCUT2D eigenvalue weighted by Gasteiger charge is -2.15. The lowest BCUT2D eigenvalue weighted by molar-refractivity contribution is -0.139. The Hall–Kier alpha value is -2.93. The molecule has 118 valence electrons.